The second-order valence-corrected chi connectivity index (χ2v) is 6.34. The van der Waals surface area contributed by atoms with E-state index < -0.39 is 6.10 Å². The maximum atomic E-state index is 10.4. The molecule has 1 aromatic heterocycles. The van der Waals surface area contributed by atoms with Gasteiger partial charge in [0.25, 0.3) is 0 Å². The molecule has 0 aliphatic heterocycles. The number of rotatable bonds is 7. The van der Waals surface area contributed by atoms with Crippen LogP contribution in [-0.4, -0.2) is 41.6 Å². The van der Waals surface area contributed by atoms with E-state index in [1.165, 1.54) is 11.1 Å². The van der Waals surface area contributed by atoms with E-state index in [4.69, 9.17) is 14.2 Å². The van der Waals surface area contributed by atoms with Gasteiger partial charge in [-0.25, -0.2) is 4.98 Å². The standard InChI is InChI=1S/C20H24N2O4/c1-13-5-19-20(6-14(13)2)22(12-21-19)10-15(23)11-26-18-8-16(24-3)7-17(9-18)25-4/h5-9,12,15,23H,10-11H2,1-4H3/t15-/m1/s1. The van der Waals surface area contributed by atoms with Crippen LogP contribution in [0.2, 0.25) is 0 Å². The summed E-state index contributed by atoms with van der Waals surface area (Å²) < 4.78 is 18.1. The molecule has 1 heterocycles. The third-order valence-electron chi connectivity index (χ3n) is 4.41. The zero-order valence-electron chi connectivity index (χ0n) is 15.5. The molecule has 1 atom stereocenters. The molecule has 6 nitrogen and oxygen atoms in total. The molecule has 2 aromatic carbocycles. The van der Waals surface area contributed by atoms with Crippen molar-refractivity contribution in [3.63, 3.8) is 0 Å². The van der Waals surface area contributed by atoms with E-state index in [0.717, 1.165) is 11.0 Å². The van der Waals surface area contributed by atoms with E-state index in [1.54, 1.807) is 38.7 Å². The predicted octanol–water partition coefficient (Wildman–Crippen LogP) is 3.11. The van der Waals surface area contributed by atoms with Gasteiger partial charge in [0.1, 0.15) is 30.0 Å². The Labute approximate surface area is 152 Å². The molecule has 26 heavy (non-hydrogen) atoms. The molecule has 3 aromatic rings. The molecule has 0 saturated carbocycles. The number of aliphatic hydroxyl groups excluding tert-OH is 1. The first-order chi connectivity index (χ1) is 12.5. The summed E-state index contributed by atoms with van der Waals surface area (Å²) in [5.41, 5.74) is 4.35. The van der Waals surface area contributed by atoms with Crippen molar-refractivity contribution >= 4 is 11.0 Å². The van der Waals surface area contributed by atoms with Gasteiger partial charge in [-0.15, -0.1) is 0 Å². The van der Waals surface area contributed by atoms with Crippen LogP contribution in [0, 0.1) is 13.8 Å². The molecule has 0 fully saturated rings. The Morgan fingerprint density at radius 3 is 2.23 bits per heavy atom. The molecule has 1 N–H and O–H groups in total. The number of methoxy groups -OCH3 is 2. The van der Waals surface area contributed by atoms with Crippen molar-refractivity contribution in [2.45, 2.75) is 26.5 Å². The third-order valence-corrected chi connectivity index (χ3v) is 4.41. The highest BCUT2D eigenvalue weighted by Crippen LogP contribution is 2.27. The number of ether oxygens (including phenoxy) is 3. The van der Waals surface area contributed by atoms with Crippen LogP contribution in [-0.2, 0) is 6.54 Å². The lowest BCUT2D eigenvalue weighted by atomic mass is 10.1. The minimum Gasteiger partial charge on any atom is -0.496 e. The van der Waals surface area contributed by atoms with Gasteiger partial charge in [-0.2, -0.15) is 0 Å². The topological polar surface area (TPSA) is 65.7 Å². The Morgan fingerprint density at radius 2 is 1.58 bits per heavy atom. The first-order valence-electron chi connectivity index (χ1n) is 8.46. The van der Waals surface area contributed by atoms with Crippen LogP contribution in [0.4, 0.5) is 0 Å². The number of imidazole rings is 1. The average molecular weight is 356 g/mol. The Balaban J connectivity index is 1.68. The van der Waals surface area contributed by atoms with Gasteiger partial charge < -0.3 is 23.9 Å². The first kappa shape index (κ1) is 18.1. The minimum atomic E-state index is -0.675. The van der Waals surface area contributed by atoms with Crippen LogP contribution < -0.4 is 14.2 Å². The summed E-state index contributed by atoms with van der Waals surface area (Å²) in [6.07, 6.45) is 1.08. The van der Waals surface area contributed by atoms with Gasteiger partial charge in [0, 0.05) is 18.2 Å². The number of aryl methyl sites for hydroxylation is 2. The summed E-state index contributed by atoms with van der Waals surface area (Å²) >= 11 is 0. The lowest BCUT2D eigenvalue weighted by Gasteiger charge is -2.15. The highest BCUT2D eigenvalue weighted by atomic mass is 16.5. The summed E-state index contributed by atoms with van der Waals surface area (Å²) in [5.74, 6) is 1.86. The molecule has 0 saturated heterocycles. The first-order valence-corrected chi connectivity index (χ1v) is 8.46. The predicted molar refractivity (Wildman–Crippen MR) is 100 cm³/mol. The molecule has 0 radical (unpaired) electrons. The number of fused-ring (bicyclic) bond motifs is 1. The summed E-state index contributed by atoms with van der Waals surface area (Å²) in [6, 6.07) is 9.44. The maximum Gasteiger partial charge on any atom is 0.126 e. The van der Waals surface area contributed by atoms with Gasteiger partial charge in [0.05, 0.1) is 38.1 Å². The zero-order chi connectivity index (χ0) is 18.7. The molecule has 0 bridgehead atoms. The number of aliphatic hydroxyl groups is 1. The molecule has 0 unspecified atom stereocenters. The molecular formula is C20H24N2O4. The smallest absolute Gasteiger partial charge is 0.126 e. The molecule has 0 aliphatic rings. The Hall–Kier alpha value is -2.73. The number of hydrogen-bond acceptors (Lipinski definition) is 5. The molecule has 6 heteroatoms. The van der Waals surface area contributed by atoms with Gasteiger partial charge in [0.15, 0.2) is 0 Å². The zero-order valence-corrected chi connectivity index (χ0v) is 15.5. The highest BCUT2D eigenvalue weighted by Gasteiger charge is 2.11. The summed E-state index contributed by atoms with van der Waals surface area (Å²) in [7, 11) is 3.17. The molecule has 0 aliphatic carbocycles. The van der Waals surface area contributed by atoms with Crippen molar-refractivity contribution in [3.8, 4) is 17.2 Å². The summed E-state index contributed by atoms with van der Waals surface area (Å²) in [4.78, 5) is 4.42. The van der Waals surface area contributed by atoms with E-state index in [0.29, 0.717) is 23.8 Å². The molecule has 3 rings (SSSR count). The van der Waals surface area contributed by atoms with Crippen LogP contribution in [0.25, 0.3) is 11.0 Å². The fourth-order valence-electron chi connectivity index (χ4n) is 2.80. The van der Waals surface area contributed by atoms with E-state index >= 15 is 0 Å². The van der Waals surface area contributed by atoms with E-state index in [9.17, 15) is 5.11 Å². The van der Waals surface area contributed by atoms with Crippen LogP contribution in [0.1, 0.15) is 11.1 Å². The largest absolute Gasteiger partial charge is 0.496 e. The van der Waals surface area contributed by atoms with Gasteiger partial charge >= 0.3 is 0 Å². The van der Waals surface area contributed by atoms with E-state index in [1.807, 2.05) is 4.57 Å². The van der Waals surface area contributed by atoms with Crippen molar-refractivity contribution in [2.24, 2.45) is 0 Å². The fraction of sp³-hybridized carbons (Fsp3) is 0.350. The molecule has 0 amide bonds. The highest BCUT2D eigenvalue weighted by molar-refractivity contribution is 5.77. The van der Waals surface area contributed by atoms with Crippen molar-refractivity contribution in [1.82, 2.24) is 9.55 Å². The lowest BCUT2D eigenvalue weighted by molar-refractivity contribution is 0.0931. The Bertz CT molecular complexity index is 882. The van der Waals surface area contributed by atoms with Crippen molar-refractivity contribution in [1.29, 1.82) is 0 Å². The summed E-state index contributed by atoms with van der Waals surface area (Å²) in [5, 5.41) is 10.4. The van der Waals surface area contributed by atoms with E-state index in [2.05, 4.69) is 31.0 Å². The summed E-state index contributed by atoms with van der Waals surface area (Å²) in [6.45, 7) is 4.70. The van der Waals surface area contributed by atoms with E-state index in [-0.39, 0.29) is 6.61 Å². The number of benzene rings is 2. The average Bonchev–Trinajstić information content (AvgIpc) is 3.01. The lowest BCUT2D eigenvalue weighted by Crippen LogP contribution is -2.23. The monoisotopic (exact) mass is 356 g/mol. The van der Waals surface area contributed by atoms with Gasteiger partial charge in [-0.1, -0.05) is 0 Å². The molecular weight excluding hydrogens is 332 g/mol. The van der Waals surface area contributed by atoms with Crippen molar-refractivity contribution in [2.75, 3.05) is 20.8 Å². The minimum absolute atomic E-state index is 0.154. The van der Waals surface area contributed by atoms with Crippen molar-refractivity contribution in [3.05, 3.63) is 47.8 Å². The normalized spacial score (nSPS) is 12.2. The van der Waals surface area contributed by atoms with Crippen LogP contribution >= 0.6 is 0 Å². The van der Waals surface area contributed by atoms with Crippen molar-refractivity contribution < 1.29 is 19.3 Å². The van der Waals surface area contributed by atoms with Gasteiger partial charge in [0.2, 0.25) is 0 Å². The Kier molecular flexibility index (Phi) is 5.32. The third kappa shape index (κ3) is 3.91. The Morgan fingerprint density at radius 1 is 0.962 bits per heavy atom. The number of hydrogen-bond donors (Lipinski definition) is 1. The second kappa shape index (κ2) is 7.66. The quantitative estimate of drug-likeness (QED) is 0.705. The van der Waals surface area contributed by atoms with Gasteiger partial charge in [-0.05, 0) is 37.1 Å². The van der Waals surface area contributed by atoms with Crippen LogP contribution in [0.5, 0.6) is 17.2 Å². The molecule has 0 spiro atoms. The fourth-order valence-corrected chi connectivity index (χ4v) is 2.80. The maximum absolute atomic E-state index is 10.4. The second-order valence-electron chi connectivity index (χ2n) is 6.34. The number of nitrogens with zero attached hydrogens (tertiary/aromatic N) is 2. The number of aromatic nitrogens is 2. The van der Waals surface area contributed by atoms with Gasteiger partial charge in [-0.3, -0.25) is 0 Å². The molecule has 138 valence electrons. The SMILES string of the molecule is COc1cc(OC)cc(OC[C@H](O)Cn2cnc3cc(C)c(C)cc32)c1. The van der Waals surface area contributed by atoms with Crippen LogP contribution in [0.3, 0.4) is 0 Å². The van der Waals surface area contributed by atoms with Crippen LogP contribution in [0.15, 0.2) is 36.7 Å².